The molecule has 116 valence electrons. The molecule has 2 rings (SSSR count). The number of rotatable bonds is 5. The summed E-state index contributed by atoms with van der Waals surface area (Å²) in [6, 6.07) is 14.3. The number of carbonyl (C=O) groups is 1. The molecule has 4 nitrogen and oxygen atoms in total. The van der Waals surface area contributed by atoms with E-state index in [1.54, 1.807) is 6.20 Å². The fourth-order valence-corrected chi connectivity index (χ4v) is 2.35. The van der Waals surface area contributed by atoms with E-state index in [1.165, 1.54) is 12.7 Å². The molecule has 0 bridgehead atoms. The highest BCUT2D eigenvalue weighted by atomic mass is 16.5. The van der Waals surface area contributed by atoms with Gasteiger partial charge in [0.1, 0.15) is 0 Å². The van der Waals surface area contributed by atoms with Crippen molar-refractivity contribution in [3.05, 3.63) is 65.5 Å². The Bertz CT molecular complexity index is 594. The first-order valence-corrected chi connectivity index (χ1v) is 7.44. The topological polar surface area (TPSA) is 51.2 Å². The highest BCUT2D eigenvalue weighted by Crippen LogP contribution is 2.24. The second kappa shape index (κ2) is 7.59. The number of nitrogens with zero attached hydrogens (tertiary/aromatic N) is 1. The van der Waals surface area contributed by atoms with E-state index in [0.29, 0.717) is 12.5 Å². The Balaban J connectivity index is 2.25. The molecule has 4 heteroatoms. The second-order valence-electron chi connectivity index (χ2n) is 5.50. The van der Waals surface area contributed by atoms with Gasteiger partial charge >= 0.3 is 6.09 Å². The van der Waals surface area contributed by atoms with Crippen molar-refractivity contribution in [1.29, 1.82) is 0 Å². The average Bonchev–Trinajstić information content (AvgIpc) is 2.56. The lowest BCUT2D eigenvalue weighted by Crippen LogP contribution is -2.29. The van der Waals surface area contributed by atoms with Crippen LogP contribution in [0.25, 0.3) is 0 Å². The van der Waals surface area contributed by atoms with Crippen LogP contribution >= 0.6 is 0 Å². The quantitative estimate of drug-likeness (QED) is 0.916. The van der Waals surface area contributed by atoms with Gasteiger partial charge in [0.15, 0.2) is 0 Å². The normalized spacial score (nSPS) is 12.0. The molecule has 1 heterocycles. The van der Waals surface area contributed by atoms with Gasteiger partial charge in [-0.15, -0.1) is 0 Å². The van der Waals surface area contributed by atoms with Crippen molar-refractivity contribution in [3.63, 3.8) is 0 Å². The van der Waals surface area contributed by atoms with Gasteiger partial charge in [-0.1, -0.05) is 44.2 Å². The number of carbonyl (C=O) groups excluding carboxylic acids is 1. The highest BCUT2D eigenvalue weighted by molar-refractivity contribution is 5.67. The number of benzene rings is 1. The minimum atomic E-state index is -0.431. The molecule has 1 aromatic carbocycles. The summed E-state index contributed by atoms with van der Waals surface area (Å²) in [6.07, 6.45) is 1.34. The van der Waals surface area contributed by atoms with Crippen LogP contribution in [0.2, 0.25) is 0 Å². The molecular formula is C18H22N2O2. The maximum atomic E-state index is 11.4. The molecule has 0 saturated carbocycles. The summed E-state index contributed by atoms with van der Waals surface area (Å²) in [5.41, 5.74) is 3.35. The monoisotopic (exact) mass is 298 g/mol. The molecule has 1 unspecified atom stereocenters. The summed E-state index contributed by atoms with van der Waals surface area (Å²) in [6.45, 7) is 4.79. The molecular weight excluding hydrogens is 276 g/mol. The lowest BCUT2D eigenvalue weighted by atomic mass is 9.92. The first kappa shape index (κ1) is 16.0. The molecule has 2 aromatic rings. The Kier molecular flexibility index (Phi) is 5.53. The predicted molar refractivity (Wildman–Crippen MR) is 87.0 cm³/mol. The number of amides is 1. The van der Waals surface area contributed by atoms with Gasteiger partial charge < -0.3 is 10.1 Å². The minimum absolute atomic E-state index is 0.00140. The van der Waals surface area contributed by atoms with Crippen molar-refractivity contribution < 1.29 is 9.53 Å². The van der Waals surface area contributed by atoms with Gasteiger partial charge in [0, 0.05) is 24.4 Å². The third-order valence-electron chi connectivity index (χ3n) is 3.69. The van der Waals surface area contributed by atoms with Gasteiger partial charge in [-0.05, 0) is 29.2 Å². The number of aromatic nitrogens is 1. The molecule has 0 aliphatic rings. The Labute approximate surface area is 131 Å². The van der Waals surface area contributed by atoms with Crippen LogP contribution in [0.4, 0.5) is 4.79 Å². The van der Waals surface area contributed by atoms with Gasteiger partial charge in [0.2, 0.25) is 0 Å². The van der Waals surface area contributed by atoms with Crippen LogP contribution in [-0.2, 0) is 4.74 Å². The van der Waals surface area contributed by atoms with Crippen molar-refractivity contribution in [2.75, 3.05) is 13.7 Å². The van der Waals surface area contributed by atoms with Crippen molar-refractivity contribution in [3.8, 4) is 0 Å². The summed E-state index contributed by atoms with van der Waals surface area (Å²) in [5, 5.41) is 2.77. The van der Waals surface area contributed by atoms with Crippen LogP contribution < -0.4 is 5.32 Å². The summed E-state index contributed by atoms with van der Waals surface area (Å²) in [7, 11) is 1.36. The van der Waals surface area contributed by atoms with Crippen LogP contribution in [-0.4, -0.2) is 24.7 Å². The van der Waals surface area contributed by atoms with Crippen LogP contribution in [0.3, 0.4) is 0 Å². The third-order valence-corrected chi connectivity index (χ3v) is 3.69. The van der Waals surface area contributed by atoms with Gasteiger partial charge in [-0.2, -0.15) is 0 Å². The number of nitrogens with one attached hydrogen (secondary N) is 1. The Hall–Kier alpha value is -2.36. The summed E-state index contributed by atoms with van der Waals surface area (Å²) in [5.74, 6) is 0.497. The lowest BCUT2D eigenvalue weighted by Gasteiger charge is -2.18. The Morgan fingerprint density at radius 1 is 1.14 bits per heavy atom. The van der Waals surface area contributed by atoms with Crippen LogP contribution in [0, 0.1) is 0 Å². The molecule has 0 spiro atoms. The van der Waals surface area contributed by atoms with Crippen LogP contribution in [0.5, 0.6) is 0 Å². The second-order valence-corrected chi connectivity index (χ2v) is 5.50. The third kappa shape index (κ3) is 4.07. The summed E-state index contributed by atoms with van der Waals surface area (Å²) in [4.78, 5) is 15.8. The van der Waals surface area contributed by atoms with E-state index >= 15 is 0 Å². The lowest BCUT2D eigenvalue weighted by molar-refractivity contribution is 0.170. The summed E-state index contributed by atoms with van der Waals surface area (Å²) < 4.78 is 4.65. The fraction of sp³-hybridized carbons (Fsp3) is 0.333. The standard InChI is InChI=1S/C18H22N2O2/c1-13(2)14-7-9-15(10-8-14)16(12-20-18(21)22-3)17-6-4-5-11-19-17/h4-11,13,16H,12H2,1-3H3,(H,20,21). The number of alkyl carbamates (subject to hydrolysis) is 1. The number of hydrogen-bond acceptors (Lipinski definition) is 3. The maximum Gasteiger partial charge on any atom is 0.406 e. The van der Waals surface area contributed by atoms with E-state index in [2.05, 4.69) is 53.2 Å². The molecule has 0 aliphatic heterocycles. The van der Waals surface area contributed by atoms with Crippen molar-refractivity contribution >= 4 is 6.09 Å². The van der Waals surface area contributed by atoms with E-state index < -0.39 is 6.09 Å². The number of pyridine rings is 1. The number of methoxy groups -OCH3 is 1. The molecule has 1 atom stereocenters. The van der Waals surface area contributed by atoms with E-state index in [-0.39, 0.29) is 5.92 Å². The van der Waals surface area contributed by atoms with Crippen molar-refractivity contribution in [2.45, 2.75) is 25.7 Å². The van der Waals surface area contributed by atoms with Crippen LogP contribution in [0.15, 0.2) is 48.7 Å². The summed E-state index contributed by atoms with van der Waals surface area (Å²) >= 11 is 0. The number of hydrogen-bond donors (Lipinski definition) is 1. The van der Waals surface area contributed by atoms with Crippen molar-refractivity contribution in [1.82, 2.24) is 10.3 Å². The van der Waals surface area contributed by atoms with Crippen LogP contribution in [0.1, 0.15) is 42.5 Å². The zero-order chi connectivity index (χ0) is 15.9. The smallest absolute Gasteiger partial charge is 0.406 e. The Morgan fingerprint density at radius 2 is 1.82 bits per heavy atom. The molecule has 22 heavy (non-hydrogen) atoms. The first-order chi connectivity index (χ1) is 10.6. The molecule has 1 amide bonds. The minimum Gasteiger partial charge on any atom is -0.453 e. The van der Waals surface area contributed by atoms with E-state index in [0.717, 1.165) is 11.3 Å². The van der Waals surface area contributed by atoms with E-state index in [4.69, 9.17) is 0 Å². The zero-order valence-corrected chi connectivity index (χ0v) is 13.2. The molecule has 1 aromatic heterocycles. The maximum absolute atomic E-state index is 11.4. The molecule has 0 saturated heterocycles. The highest BCUT2D eigenvalue weighted by Gasteiger charge is 2.17. The van der Waals surface area contributed by atoms with Gasteiger partial charge in [0.25, 0.3) is 0 Å². The van der Waals surface area contributed by atoms with Gasteiger partial charge in [-0.3, -0.25) is 4.98 Å². The molecule has 0 aliphatic carbocycles. The first-order valence-electron chi connectivity index (χ1n) is 7.44. The zero-order valence-electron chi connectivity index (χ0n) is 13.2. The van der Waals surface area contributed by atoms with E-state index in [9.17, 15) is 4.79 Å². The molecule has 0 radical (unpaired) electrons. The molecule has 1 N–H and O–H groups in total. The van der Waals surface area contributed by atoms with Gasteiger partial charge in [0.05, 0.1) is 7.11 Å². The van der Waals surface area contributed by atoms with Crippen molar-refractivity contribution in [2.24, 2.45) is 0 Å². The Morgan fingerprint density at radius 3 is 2.36 bits per heavy atom. The average molecular weight is 298 g/mol. The molecule has 0 fully saturated rings. The van der Waals surface area contributed by atoms with E-state index in [1.807, 2.05) is 18.2 Å². The number of ether oxygens (including phenoxy) is 1. The largest absolute Gasteiger partial charge is 0.453 e. The van der Waals surface area contributed by atoms with Gasteiger partial charge in [-0.25, -0.2) is 4.79 Å². The SMILES string of the molecule is COC(=O)NCC(c1ccc(C(C)C)cc1)c1ccccn1. The fourth-order valence-electron chi connectivity index (χ4n) is 2.35. The predicted octanol–water partition coefficient (Wildman–Crippen LogP) is 3.69.